The molecule has 1 saturated heterocycles. The third kappa shape index (κ3) is 4.81. The second-order valence-corrected chi connectivity index (χ2v) is 7.68. The summed E-state index contributed by atoms with van der Waals surface area (Å²) in [6.45, 7) is 5.63. The van der Waals surface area contributed by atoms with Crippen molar-refractivity contribution in [2.24, 2.45) is 11.1 Å². The fourth-order valence-corrected chi connectivity index (χ4v) is 3.27. The number of rotatable bonds is 2. The number of carbonyl (C=O) groups excluding carboxylic acids is 1. The monoisotopic (exact) mass is 284 g/mol. The summed E-state index contributed by atoms with van der Waals surface area (Å²) < 4.78 is 22.4. The smallest absolute Gasteiger partial charge is 0.237 e. The van der Waals surface area contributed by atoms with Gasteiger partial charge in [0, 0.05) is 6.04 Å². The van der Waals surface area contributed by atoms with Gasteiger partial charge in [-0.05, 0) is 11.8 Å². The van der Waals surface area contributed by atoms with Crippen LogP contribution in [0.4, 0.5) is 0 Å². The summed E-state index contributed by atoms with van der Waals surface area (Å²) in [5, 5.41) is 2.70. The van der Waals surface area contributed by atoms with E-state index in [1.165, 1.54) is 0 Å². The van der Waals surface area contributed by atoms with Crippen LogP contribution >= 0.6 is 12.4 Å². The number of nitrogens with two attached hydrogens (primary N) is 1. The van der Waals surface area contributed by atoms with Gasteiger partial charge in [0.25, 0.3) is 0 Å². The summed E-state index contributed by atoms with van der Waals surface area (Å²) in [5.41, 5.74) is 5.46. The lowest BCUT2D eigenvalue weighted by Crippen LogP contribution is -2.51. The molecule has 17 heavy (non-hydrogen) atoms. The molecule has 0 spiro atoms. The molecule has 0 aliphatic carbocycles. The van der Waals surface area contributed by atoms with Crippen molar-refractivity contribution in [1.29, 1.82) is 0 Å². The fraction of sp³-hybridized carbons (Fsp3) is 0.900. The van der Waals surface area contributed by atoms with Gasteiger partial charge < -0.3 is 11.1 Å². The predicted molar refractivity (Wildman–Crippen MR) is 69.9 cm³/mol. The SMILES string of the molecule is CC(C)(C)[C@H](N)C(=O)NC1CCS(=O)(=O)C1.Cl. The van der Waals surface area contributed by atoms with E-state index in [0.29, 0.717) is 6.42 Å². The summed E-state index contributed by atoms with van der Waals surface area (Å²) in [7, 11) is -2.96. The molecule has 1 amide bonds. The molecular weight excluding hydrogens is 264 g/mol. The molecule has 2 atom stereocenters. The Balaban J connectivity index is 0.00000256. The first kappa shape index (κ1) is 16.7. The Kier molecular flexibility index (Phi) is 5.43. The lowest BCUT2D eigenvalue weighted by molar-refractivity contribution is -0.125. The lowest BCUT2D eigenvalue weighted by atomic mass is 9.87. The van der Waals surface area contributed by atoms with Crippen LogP contribution in [0.25, 0.3) is 0 Å². The van der Waals surface area contributed by atoms with E-state index in [2.05, 4.69) is 5.32 Å². The van der Waals surface area contributed by atoms with Crippen molar-refractivity contribution in [3.63, 3.8) is 0 Å². The summed E-state index contributed by atoms with van der Waals surface area (Å²) in [5.74, 6) is -0.0761. The van der Waals surface area contributed by atoms with Crippen molar-refractivity contribution in [3.8, 4) is 0 Å². The van der Waals surface area contributed by atoms with Gasteiger partial charge in [-0.25, -0.2) is 8.42 Å². The third-order valence-electron chi connectivity index (χ3n) is 2.79. The second kappa shape index (κ2) is 5.54. The molecule has 1 aliphatic heterocycles. The molecular formula is C10H21ClN2O3S. The molecule has 1 unspecified atom stereocenters. The molecule has 3 N–H and O–H groups in total. The van der Waals surface area contributed by atoms with Gasteiger partial charge in [0.05, 0.1) is 17.5 Å². The summed E-state index contributed by atoms with van der Waals surface area (Å²) in [6, 6.07) is -0.887. The molecule has 1 rings (SSSR count). The maximum absolute atomic E-state index is 11.7. The number of halogens is 1. The molecule has 0 saturated carbocycles. The molecule has 1 heterocycles. The zero-order chi connectivity index (χ0) is 12.6. The van der Waals surface area contributed by atoms with E-state index in [9.17, 15) is 13.2 Å². The van der Waals surface area contributed by atoms with Gasteiger partial charge >= 0.3 is 0 Å². The highest BCUT2D eigenvalue weighted by molar-refractivity contribution is 7.91. The van der Waals surface area contributed by atoms with Gasteiger partial charge in [0.15, 0.2) is 9.84 Å². The highest BCUT2D eigenvalue weighted by Gasteiger charge is 2.33. The summed E-state index contributed by atoms with van der Waals surface area (Å²) in [4.78, 5) is 11.7. The predicted octanol–water partition coefficient (Wildman–Crippen LogP) is 0.0849. The van der Waals surface area contributed by atoms with Gasteiger partial charge in [0.2, 0.25) is 5.91 Å². The van der Waals surface area contributed by atoms with Gasteiger partial charge in [-0.3, -0.25) is 4.79 Å². The average molecular weight is 285 g/mol. The minimum absolute atomic E-state index is 0. The van der Waals surface area contributed by atoms with Gasteiger partial charge in [-0.1, -0.05) is 20.8 Å². The Morgan fingerprint density at radius 3 is 2.29 bits per heavy atom. The van der Waals surface area contributed by atoms with Crippen LogP contribution in [-0.2, 0) is 14.6 Å². The van der Waals surface area contributed by atoms with Crippen molar-refractivity contribution in [2.45, 2.75) is 39.3 Å². The molecule has 0 bridgehead atoms. The first-order valence-electron chi connectivity index (χ1n) is 5.38. The lowest BCUT2D eigenvalue weighted by Gasteiger charge is -2.27. The molecule has 0 aromatic carbocycles. The number of hydrogen-bond acceptors (Lipinski definition) is 4. The van der Waals surface area contributed by atoms with E-state index in [4.69, 9.17) is 5.73 Å². The second-order valence-electron chi connectivity index (χ2n) is 5.45. The Morgan fingerprint density at radius 2 is 1.94 bits per heavy atom. The van der Waals surface area contributed by atoms with Crippen LogP contribution in [0.2, 0.25) is 0 Å². The largest absolute Gasteiger partial charge is 0.351 e. The minimum atomic E-state index is -2.96. The quantitative estimate of drug-likeness (QED) is 0.752. The number of sulfone groups is 1. The number of amides is 1. The molecule has 0 aromatic rings. The number of hydrogen-bond donors (Lipinski definition) is 2. The van der Waals surface area contributed by atoms with Crippen LogP contribution in [0, 0.1) is 5.41 Å². The first-order valence-corrected chi connectivity index (χ1v) is 7.20. The number of carbonyl (C=O) groups is 1. The molecule has 5 nitrogen and oxygen atoms in total. The van der Waals surface area contributed by atoms with Crippen molar-refractivity contribution < 1.29 is 13.2 Å². The Labute approximate surface area is 109 Å². The molecule has 0 radical (unpaired) electrons. The maximum atomic E-state index is 11.7. The molecule has 1 fully saturated rings. The van der Waals surface area contributed by atoms with Crippen LogP contribution in [0.3, 0.4) is 0 Å². The van der Waals surface area contributed by atoms with Crippen molar-refractivity contribution in [2.75, 3.05) is 11.5 Å². The highest BCUT2D eigenvalue weighted by Crippen LogP contribution is 2.18. The van der Waals surface area contributed by atoms with Crippen molar-refractivity contribution >= 4 is 28.2 Å². The van der Waals surface area contributed by atoms with Gasteiger partial charge in [-0.2, -0.15) is 0 Å². The molecule has 7 heteroatoms. The van der Waals surface area contributed by atoms with E-state index in [1.807, 2.05) is 20.8 Å². The Morgan fingerprint density at radius 1 is 1.41 bits per heavy atom. The zero-order valence-electron chi connectivity index (χ0n) is 10.4. The standard InChI is InChI=1S/C10H20N2O3S.ClH/c1-10(2,3)8(11)9(13)12-7-4-5-16(14,15)6-7;/h7-8H,4-6,11H2,1-3H3,(H,12,13);1H/t7?,8-;/m1./s1. The topological polar surface area (TPSA) is 89.3 Å². The molecule has 1 aliphatic rings. The van der Waals surface area contributed by atoms with Crippen molar-refractivity contribution in [3.05, 3.63) is 0 Å². The van der Waals surface area contributed by atoms with E-state index >= 15 is 0 Å². The number of nitrogens with one attached hydrogen (secondary N) is 1. The molecule has 102 valence electrons. The van der Waals surface area contributed by atoms with E-state index in [0.717, 1.165) is 0 Å². The third-order valence-corrected chi connectivity index (χ3v) is 4.56. The van der Waals surface area contributed by atoms with E-state index < -0.39 is 15.9 Å². The van der Waals surface area contributed by atoms with E-state index in [1.54, 1.807) is 0 Å². The van der Waals surface area contributed by atoms with Crippen LogP contribution in [0.5, 0.6) is 0 Å². The summed E-state index contributed by atoms with van der Waals surface area (Å²) >= 11 is 0. The van der Waals surface area contributed by atoms with E-state index in [-0.39, 0.29) is 41.3 Å². The van der Waals surface area contributed by atoms with Crippen LogP contribution < -0.4 is 11.1 Å². The fourth-order valence-electron chi connectivity index (χ4n) is 1.59. The Hall–Kier alpha value is -0.330. The summed E-state index contributed by atoms with van der Waals surface area (Å²) in [6.07, 6.45) is 0.491. The van der Waals surface area contributed by atoms with Gasteiger partial charge in [0.1, 0.15) is 0 Å². The van der Waals surface area contributed by atoms with Crippen molar-refractivity contribution in [1.82, 2.24) is 5.32 Å². The van der Waals surface area contributed by atoms with Gasteiger partial charge in [-0.15, -0.1) is 12.4 Å². The van der Waals surface area contributed by atoms with Crippen LogP contribution in [0.15, 0.2) is 0 Å². The zero-order valence-corrected chi connectivity index (χ0v) is 12.0. The average Bonchev–Trinajstić information content (AvgIpc) is 2.42. The minimum Gasteiger partial charge on any atom is -0.351 e. The van der Waals surface area contributed by atoms with Crippen LogP contribution in [-0.4, -0.2) is 37.9 Å². The molecule has 0 aromatic heterocycles. The Bertz CT molecular complexity index is 376. The first-order chi connectivity index (χ1) is 7.12. The van der Waals surface area contributed by atoms with Crippen LogP contribution in [0.1, 0.15) is 27.2 Å². The maximum Gasteiger partial charge on any atom is 0.237 e. The normalized spacial score (nSPS) is 24.8. The highest BCUT2D eigenvalue weighted by atomic mass is 35.5.